The molecule has 0 unspecified atom stereocenters. The molecule has 0 aromatic rings. The van der Waals surface area contributed by atoms with Crippen LogP contribution >= 0.6 is 0 Å². The zero-order valence-electron chi connectivity index (χ0n) is 8.53. The van der Waals surface area contributed by atoms with Gasteiger partial charge in [-0.05, 0) is 19.9 Å². The van der Waals surface area contributed by atoms with Gasteiger partial charge in [-0.2, -0.15) is 0 Å². The van der Waals surface area contributed by atoms with Gasteiger partial charge < -0.3 is 4.74 Å². The molecule has 14 heavy (non-hydrogen) atoms. The summed E-state index contributed by atoms with van der Waals surface area (Å²) >= 11 is 0. The van der Waals surface area contributed by atoms with Gasteiger partial charge in [0.05, 0.1) is 7.11 Å². The topological polar surface area (TPSA) is 46.6 Å². The highest BCUT2D eigenvalue weighted by molar-refractivity contribution is 6.00. The lowest BCUT2D eigenvalue weighted by Crippen LogP contribution is -2.50. The molecule has 2 aliphatic rings. The average molecular weight is 197 g/mol. The summed E-state index contributed by atoms with van der Waals surface area (Å²) in [5, 5.41) is 0. The number of hydrogen-bond acceptors (Lipinski definition) is 4. The number of carbonyl (C=O) groups is 2. The lowest BCUT2D eigenvalue weighted by atomic mass is 9.89. The van der Waals surface area contributed by atoms with Crippen molar-refractivity contribution < 1.29 is 14.3 Å². The number of fused-ring (bicyclic) bond motifs is 2. The summed E-state index contributed by atoms with van der Waals surface area (Å²) in [6.45, 7) is 0. The van der Waals surface area contributed by atoms with Crippen molar-refractivity contribution in [3.8, 4) is 0 Å². The van der Waals surface area contributed by atoms with E-state index in [2.05, 4.69) is 9.64 Å². The van der Waals surface area contributed by atoms with Crippen LogP contribution < -0.4 is 0 Å². The minimum Gasteiger partial charge on any atom is -0.468 e. The highest BCUT2D eigenvalue weighted by Crippen LogP contribution is 2.36. The molecule has 0 aromatic carbocycles. The first kappa shape index (κ1) is 9.65. The normalized spacial score (nSPS) is 37.3. The van der Waals surface area contributed by atoms with Crippen LogP contribution in [0.1, 0.15) is 19.3 Å². The Labute approximate surface area is 83.2 Å². The molecule has 4 nitrogen and oxygen atoms in total. The predicted octanol–water partition coefficient (Wildman–Crippen LogP) is 0.211. The third kappa shape index (κ3) is 1.25. The Hall–Kier alpha value is -0.900. The first-order chi connectivity index (χ1) is 6.65. The molecule has 0 amide bonds. The average Bonchev–Trinajstić information content (AvgIpc) is 2.42. The van der Waals surface area contributed by atoms with Gasteiger partial charge in [0.2, 0.25) is 0 Å². The van der Waals surface area contributed by atoms with E-state index in [0.29, 0.717) is 12.5 Å². The van der Waals surface area contributed by atoms with Crippen molar-refractivity contribution >= 4 is 11.8 Å². The Bertz CT molecular complexity index is 277. The van der Waals surface area contributed by atoms with E-state index in [-0.39, 0.29) is 17.8 Å². The minimum absolute atomic E-state index is 0.0578. The molecule has 2 rings (SSSR count). The molecule has 0 aliphatic carbocycles. The van der Waals surface area contributed by atoms with E-state index < -0.39 is 5.92 Å². The van der Waals surface area contributed by atoms with Crippen LogP contribution in [-0.4, -0.2) is 42.9 Å². The van der Waals surface area contributed by atoms with Gasteiger partial charge in [-0.25, -0.2) is 0 Å². The van der Waals surface area contributed by atoms with E-state index in [9.17, 15) is 9.59 Å². The molecule has 0 aromatic heterocycles. The molecular weight excluding hydrogens is 182 g/mol. The largest absolute Gasteiger partial charge is 0.468 e. The van der Waals surface area contributed by atoms with Crippen molar-refractivity contribution in [1.82, 2.24) is 4.90 Å². The highest BCUT2D eigenvalue weighted by atomic mass is 16.5. The van der Waals surface area contributed by atoms with Gasteiger partial charge in [0.1, 0.15) is 11.7 Å². The van der Waals surface area contributed by atoms with Crippen molar-refractivity contribution in [3.63, 3.8) is 0 Å². The number of esters is 1. The van der Waals surface area contributed by atoms with E-state index in [4.69, 9.17) is 0 Å². The molecule has 4 heteroatoms. The maximum Gasteiger partial charge on any atom is 0.317 e. The molecule has 2 fully saturated rings. The lowest BCUT2D eigenvalue weighted by Gasteiger charge is -2.34. The highest BCUT2D eigenvalue weighted by Gasteiger charge is 2.48. The molecule has 0 radical (unpaired) electrons. The molecule has 0 spiro atoms. The van der Waals surface area contributed by atoms with Crippen molar-refractivity contribution in [1.29, 1.82) is 0 Å². The molecule has 2 saturated heterocycles. The summed E-state index contributed by atoms with van der Waals surface area (Å²) < 4.78 is 4.67. The molecule has 2 aliphatic heterocycles. The number of methoxy groups -OCH3 is 1. The van der Waals surface area contributed by atoms with E-state index >= 15 is 0 Å². The molecule has 3 atom stereocenters. The van der Waals surface area contributed by atoms with Gasteiger partial charge in [0, 0.05) is 18.5 Å². The number of ether oxygens (including phenoxy) is 1. The number of ketones is 1. The summed E-state index contributed by atoms with van der Waals surface area (Å²) in [4.78, 5) is 25.3. The number of nitrogens with zero attached hydrogens (tertiary/aromatic N) is 1. The van der Waals surface area contributed by atoms with Gasteiger partial charge in [-0.1, -0.05) is 0 Å². The fourth-order valence-electron chi connectivity index (χ4n) is 2.68. The van der Waals surface area contributed by atoms with Crippen LogP contribution in [0, 0.1) is 5.92 Å². The fourth-order valence-corrected chi connectivity index (χ4v) is 2.68. The molecule has 2 heterocycles. The second-order valence-electron chi connectivity index (χ2n) is 4.14. The van der Waals surface area contributed by atoms with Crippen LogP contribution in [0.2, 0.25) is 0 Å². The summed E-state index contributed by atoms with van der Waals surface area (Å²) in [6, 6.07) is 0.433. The van der Waals surface area contributed by atoms with Crippen LogP contribution in [0.15, 0.2) is 0 Å². The minimum atomic E-state index is -0.538. The lowest BCUT2D eigenvalue weighted by molar-refractivity contribution is -0.154. The standard InChI is InChI=1S/C10H15NO3/c1-11-6-3-4-7(11)9(8(12)5-6)10(13)14-2/h6-7,9H,3-5H2,1-2H3/t6-,7+,9-/m1/s1. The zero-order valence-corrected chi connectivity index (χ0v) is 8.53. The summed E-state index contributed by atoms with van der Waals surface area (Å²) in [5.74, 6) is -0.849. The van der Waals surface area contributed by atoms with Gasteiger partial charge in [-0.3, -0.25) is 14.5 Å². The van der Waals surface area contributed by atoms with E-state index in [1.165, 1.54) is 7.11 Å². The van der Waals surface area contributed by atoms with E-state index in [0.717, 1.165) is 12.8 Å². The Morgan fingerprint density at radius 2 is 2.21 bits per heavy atom. The zero-order chi connectivity index (χ0) is 10.3. The van der Waals surface area contributed by atoms with Gasteiger partial charge in [-0.15, -0.1) is 0 Å². The molecule has 0 saturated carbocycles. The van der Waals surface area contributed by atoms with Crippen LogP contribution in [0.4, 0.5) is 0 Å². The second-order valence-corrected chi connectivity index (χ2v) is 4.14. The monoisotopic (exact) mass is 197 g/mol. The molecule has 78 valence electrons. The first-order valence-electron chi connectivity index (χ1n) is 4.97. The van der Waals surface area contributed by atoms with Crippen LogP contribution in [0.25, 0.3) is 0 Å². The quantitative estimate of drug-likeness (QED) is 0.445. The number of piperidine rings is 1. The third-order valence-corrected chi connectivity index (χ3v) is 3.52. The smallest absolute Gasteiger partial charge is 0.317 e. The molecule has 2 bridgehead atoms. The number of hydrogen-bond donors (Lipinski definition) is 0. The maximum atomic E-state index is 11.7. The Balaban J connectivity index is 2.22. The van der Waals surface area contributed by atoms with Crippen molar-refractivity contribution in [2.24, 2.45) is 5.92 Å². The van der Waals surface area contributed by atoms with E-state index in [1.54, 1.807) is 0 Å². The Morgan fingerprint density at radius 1 is 1.50 bits per heavy atom. The summed E-state index contributed by atoms with van der Waals surface area (Å²) in [5.41, 5.74) is 0. The molecule has 0 N–H and O–H groups in total. The fraction of sp³-hybridized carbons (Fsp3) is 0.800. The summed E-state index contributed by atoms with van der Waals surface area (Å²) in [6.07, 6.45) is 2.47. The number of Topliss-reactive ketones (excluding diaryl/α,β-unsaturated/α-hetero) is 1. The number of rotatable bonds is 1. The van der Waals surface area contributed by atoms with Crippen LogP contribution in [-0.2, 0) is 14.3 Å². The van der Waals surface area contributed by atoms with Crippen LogP contribution in [0.5, 0.6) is 0 Å². The van der Waals surface area contributed by atoms with Gasteiger partial charge in [0.15, 0.2) is 0 Å². The van der Waals surface area contributed by atoms with Crippen molar-refractivity contribution in [2.45, 2.75) is 31.3 Å². The predicted molar refractivity (Wildman–Crippen MR) is 49.7 cm³/mol. The van der Waals surface area contributed by atoms with Gasteiger partial charge in [0.25, 0.3) is 0 Å². The maximum absolute atomic E-state index is 11.7. The van der Waals surface area contributed by atoms with E-state index in [1.807, 2.05) is 7.05 Å². The Kier molecular flexibility index (Phi) is 2.31. The third-order valence-electron chi connectivity index (χ3n) is 3.52. The van der Waals surface area contributed by atoms with Gasteiger partial charge >= 0.3 is 5.97 Å². The second kappa shape index (κ2) is 3.35. The van der Waals surface area contributed by atoms with Crippen LogP contribution in [0.3, 0.4) is 0 Å². The first-order valence-corrected chi connectivity index (χ1v) is 4.97. The van der Waals surface area contributed by atoms with Crippen molar-refractivity contribution in [2.75, 3.05) is 14.2 Å². The molecular formula is C10H15NO3. The Morgan fingerprint density at radius 3 is 2.86 bits per heavy atom. The SMILES string of the molecule is COC(=O)[C@H]1C(=O)C[C@H]2CC[C@@H]1N2C. The summed E-state index contributed by atoms with van der Waals surface area (Å²) in [7, 11) is 3.33. The van der Waals surface area contributed by atoms with Crippen molar-refractivity contribution in [3.05, 3.63) is 0 Å². The number of carbonyl (C=O) groups excluding carboxylic acids is 2.